The maximum atomic E-state index is 12.0. The maximum absolute atomic E-state index is 12.0. The third-order valence-electron chi connectivity index (χ3n) is 4.00. The van der Waals surface area contributed by atoms with Crippen LogP contribution in [0.15, 0.2) is 59.2 Å². The van der Waals surface area contributed by atoms with Crippen molar-refractivity contribution in [3.63, 3.8) is 0 Å². The summed E-state index contributed by atoms with van der Waals surface area (Å²) in [7, 11) is 1.32. The number of ether oxygens (including phenoxy) is 3. The molecule has 0 atom stereocenters. The van der Waals surface area contributed by atoms with Gasteiger partial charge >= 0.3 is 12.6 Å². The van der Waals surface area contributed by atoms with Crippen LogP contribution in [-0.4, -0.2) is 24.7 Å². The van der Waals surface area contributed by atoms with Crippen molar-refractivity contribution in [2.24, 2.45) is 0 Å². The molecule has 1 aromatic heterocycles. The van der Waals surface area contributed by atoms with Gasteiger partial charge in [-0.3, -0.25) is 4.79 Å². The van der Waals surface area contributed by atoms with Gasteiger partial charge in [-0.2, -0.15) is 8.78 Å². The van der Waals surface area contributed by atoms with E-state index in [2.05, 4.69) is 26.6 Å². The van der Waals surface area contributed by atoms with Crippen LogP contribution in [-0.2, 0) is 22.6 Å². The van der Waals surface area contributed by atoms with E-state index >= 15 is 0 Å². The Morgan fingerprint density at radius 2 is 2.00 bits per heavy atom. The van der Waals surface area contributed by atoms with Crippen LogP contribution in [0.3, 0.4) is 0 Å². The van der Waals surface area contributed by atoms with Gasteiger partial charge in [-0.1, -0.05) is 12.1 Å². The number of benzene rings is 2. The standard InChI is InChI=1S/C14H13F2NO4.C7H6O/c1-19-12(18)7-4-10-8-20-13(17-10)9-2-5-11(6-3-9)21-14(15)16;1-2-6-4-7(3-1)8-5-6/h2-3,5-6,8,14H,4,7H2,1H3;1-4H,5H2. The zero-order chi connectivity index (χ0) is 20.6. The molecule has 1 aliphatic rings. The molecule has 1 aliphatic heterocycles. The molecule has 0 unspecified atom stereocenters. The molecule has 0 spiro atoms. The number of aryl methyl sites for hydroxylation is 1. The van der Waals surface area contributed by atoms with Crippen LogP contribution < -0.4 is 9.47 Å². The summed E-state index contributed by atoms with van der Waals surface area (Å²) in [6, 6.07) is 14.0. The number of fused-ring (bicyclic) bond motifs is 2. The van der Waals surface area contributed by atoms with Gasteiger partial charge in [0.05, 0.1) is 19.2 Å². The van der Waals surface area contributed by atoms with E-state index in [0.717, 1.165) is 12.4 Å². The van der Waals surface area contributed by atoms with Gasteiger partial charge in [0, 0.05) is 12.0 Å². The SMILES string of the molecule is COC(=O)CCc1coc(-c2ccc(OC(F)F)cc2)n1.c1cc2cc(c1)OC2. The number of hydrogen-bond donors (Lipinski definition) is 0. The van der Waals surface area contributed by atoms with Crippen LogP contribution in [0.4, 0.5) is 8.78 Å². The van der Waals surface area contributed by atoms with Crippen LogP contribution >= 0.6 is 0 Å². The molecule has 6 nitrogen and oxygen atoms in total. The lowest BCUT2D eigenvalue weighted by molar-refractivity contribution is -0.140. The fourth-order valence-corrected chi connectivity index (χ4v) is 2.56. The number of methoxy groups -OCH3 is 1. The number of esters is 1. The summed E-state index contributed by atoms with van der Waals surface area (Å²) in [5.74, 6) is 1.08. The predicted molar refractivity (Wildman–Crippen MR) is 99.7 cm³/mol. The van der Waals surface area contributed by atoms with Crippen LogP contribution in [0.25, 0.3) is 11.5 Å². The zero-order valence-corrected chi connectivity index (χ0v) is 15.6. The average molecular weight is 403 g/mol. The van der Waals surface area contributed by atoms with Gasteiger partial charge in [0.2, 0.25) is 5.89 Å². The van der Waals surface area contributed by atoms with E-state index in [1.54, 1.807) is 12.1 Å². The summed E-state index contributed by atoms with van der Waals surface area (Å²) in [6.07, 6.45) is 2.06. The quantitative estimate of drug-likeness (QED) is 0.559. The van der Waals surface area contributed by atoms with Crippen molar-refractivity contribution in [3.05, 3.63) is 66.1 Å². The molecule has 0 N–H and O–H groups in total. The molecule has 0 amide bonds. The number of halogens is 2. The van der Waals surface area contributed by atoms with Crippen molar-refractivity contribution in [2.45, 2.75) is 26.1 Å². The van der Waals surface area contributed by atoms with Gasteiger partial charge in [0.1, 0.15) is 24.4 Å². The highest BCUT2D eigenvalue weighted by atomic mass is 19.3. The smallest absolute Gasteiger partial charge is 0.387 e. The number of hydrogen-bond acceptors (Lipinski definition) is 6. The number of carbonyl (C=O) groups excluding carboxylic acids is 1. The van der Waals surface area contributed by atoms with Crippen molar-refractivity contribution >= 4 is 5.97 Å². The monoisotopic (exact) mass is 403 g/mol. The number of nitrogens with zero attached hydrogens (tertiary/aromatic N) is 1. The fourth-order valence-electron chi connectivity index (χ4n) is 2.56. The first kappa shape index (κ1) is 20.3. The number of oxazole rings is 1. The second-order valence-corrected chi connectivity index (χ2v) is 6.06. The highest BCUT2D eigenvalue weighted by Gasteiger charge is 2.10. The number of carbonyl (C=O) groups is 1. The lowest BCUT2D eigenvalue weighted by Gasteiger charge is -2.03. The molecular weight excluding hydrogens is 384 g/mol. The van der Waals surface area contributed by atoms with Crippen molar-refractivity contribution < 1.29 is 32.2 Å². The normalized spacial score (nSPS) is 11.4. The van der Waals surface area contributed by atoms with E-state index in [1.165, 1.54) is 31.1 Å². The molecule has 0 saturated heterocycles. The average Bonchev–Trinajstić information content (AvgIpc) is 3.33. The van der Waals surface area contributed by atoms with E-state index in [1.807, 2.05) is 12.1 Å². The summed E-state index contributed by atoms with van der Waals surface area (Å²) in [6.45, 7) is -2.09. The molecule has 0 fully saturated rings. The highest BCUT2D eigenvalue weighted by molar-refractivity contribution is 5.69. The van der Waals surface area contributed by atoms with E-state index < -0.39 is 6.61 Å². The highest BCUT2D eigenvalue weighted by Crippen LogP contribution is 2.23. The second kappa shape index (κ2) is 9.68. The molecule has 152 valence electrons. The van der Waals surface area contributed by atoms with Crippen molar-refractivity contribution in [3.8, 4) is 23.0 Å². The van der Waals surface area contributed by atoms with Gasteiger partial charge in [-0.15, -0.1) is 0 Å². The molecule has 0 aliphatic carbocycles. The first-order valence-electron chi connectivity index (χ1n) is 8.81. The largest absolute Gasteiger partial charge is 0.489 e. The summed E-state index contributed by atoms with van der Waals surface area (Å²) in [5.41, 5.74) is 2.52. The Labute approximate surface area is 166 Å². The van der Waals surface area contributed by atoms with Crippen molar-refractivity contribution in [1.82, 2.24) is 4.98 Å². The van der Waals surface area contributed by atoms with E-state index in [0.29, 0.717) is 23.6 Å². The number of aromatic nitrogens is 1. The Hall–Kier alpha value is -3.42. The summed E-state index contributed by atoms with van der Waals surface area (Å²) in [5, 5.41) is 0. The molecule has 2 heterocycles. The minimum atomic E-state index is -2.86. The van der Waals surface area contributed by atoms with Gasteiger partial charge < -0.3 is 18.6 Å². The van der Waals surface area contributed by atoms with Crippen molar-refractivity contribution in [2.75, 3.05) is 7.11 Å². The first-order valence-corrected chi connectivity index (χ1v) is 8.81. The minimum Gasteiger partial charge on any atom is -0.489 e. The zero-order valence-electron chi connectivity index (χ0n) is 15.6. The van der Waals surface area contributed by atoms with Gasteiger partial charge in [-0.25, -0.2) is 4.98 Å². The molecule has 4 rings (SSSR count). The Morgan fingerprint density at radius 3 is 2.66 bits per heavy atom. The topological polar surface area (TPSA) is 70.8 Å². The van der Waals surface area contributed by atoms with E-state index in [-0.39, 0.29) is 18.1 Å². The molecular formula is C21H19F2NO5. The summed E-state index contributed by atoms with van der Waals surface area (Å²) in [4.78, 5) is 15.2. The Kier molecular flexibility index (Phi) is 6.78. The van der Waals surface area contributed by atoms with Crippen LogP contribution in [0.1, 0.15) is 17.7 Å². The van der Waals surface area contributed by atoms with E-state index in [9.17, 15) is 13.6 Å². The summed E-state index contributed by atoms with van der Waals surface area (Å²) >= 11 is 0. The molecule has 0 saturated carbocycles. The molecule has 29 heavy (non-hydrogen) atoms. The molecule has 2 bridgehead atoms. The lowest BCUT2D eigenvalue weighted by atomic mass is 10.2. The molecule has 8 heteroatoms. The van der Waals surface area contributed by atoms with Gasteiger partial charge in [-0.05, 0) is 42.0 Å². The van der Waals surface area contributed by atoms with Crippen molar-refractivity contribution in [1.29, 1.82) is 0 Å². The minimum absolute atomic E-state index is 0.0613. The first-order chi connectivity index (χ1) is 14.0. The Bertz CT molecular complexity index is 921. The second-order valence-electron chi connectivity index (χ2n) is 6.06. The maximum Gasteiger partial charge on any atom is 0.387 e. The third-order valence-corrected chi connectivity index (χ3v) is 4.00. The lowest BCUT2D eigenvalue weighted by Crippen LogP contribution is -2.02. The Balaban J connectivity index is 0.000000246. The fraction of sp³-hybridized carbons (Fsp3) is 0.238. The van der Waals surface area contributed by atoms with Gasteiger partial charge in [0.25, 0.3) is 0 Å². The molecule has 3 aromatic rings. The predicted octanol–water partition coefficient (Wildman–Crippen LogP) is 4.63. The van der Waals surface area contributed by atoms with Crippen LogP contribution in [0.5, 0.6) is 11.5 Å². The van der Waals surface area contributed by atoms with Crippen LogP contribution in [0, 0.1) is 0 Å². The van der Waals surface area contributed by atoms with Crippen LogP contribution in [0.2, 0.25) is 0 Å². The Morgan fingerprint density at radius 1 is 1.21 bits per heavy atom. The molecule has 0 radical (unpaired) electrons. The number of alkyl halides is 2. The van der Waals surface area contributed by atoms with E-state index in [4.69, 9.17) is 9.15 Å². The van der Waals surface area contributed by atoms with Gasteiger partial charge in [0.15, 0.2) is 0 Å². The molecule has 2 aromatic carbocycles. The third kappa shape index (κ3) is 6.03. The summed E-state index contributed by atoms with van der Waals surface area (Å²) < 4.78 is 43.3. The number of rotatable bonds is 6.